The Bertz CT molecular complexity index is 691. The summed E-state index contributed by atoms with van der Waals surface area (Å²) in [6.07, 6.45) is 0.721. The van der Waals surface area contributed by atoms with Crippen LogP contribution >= 0.6 is 23.2 Å². The highest BCUT2D eigenvalue weighted by Gasteiger charge is 2.16. The molecule has 0 unspecified atom stereocenters. The van der Waals surface area contributed by atoms with Gasteiger partial charge in [0.05, 0.1) is 5.69 Å². The van der Waals surface area contributed by atoms with Gasteiger partial charge >= 0.3 is 5.97 Å². The Hall–Kier alpha value is -1.84. The molecular formula is C16H13Cl2NO2. The molecule has 2 aromatic rings. The van der Waals surface area contributed by atoms with Crippen LogP contribution in [0, 0.1) is 0 Å². The van der Waals surface area contributed by atoms with Gasteiger partial charge in [-0.1, -0.05) is 54.4 Å². The van der Waals surface area contributed by atoms with Crippen molar-refractivity contribution in [3.8, 4) is 0 Å². The molecule has 108 valence electrons. The first kappa shape index (κ1) is 15.5. The summed E-state index contributed by atoms with van der Waals surface area (Å²) in [5, 5.41) is 10.3. The third-order valence-corrected chi connectivity index (χ3v) is 3.38. The Morgan fingerprint density at radius 2 is 1.76 bits per heavy atom. The Morgan fingerprint density at radius 1 is 1.14 bits per heavy atom. The van der Waals surface area contributed by atoms with E-state index in [1.807, 2.05) is 19.1 Å². The van der Waals surface area contributed by atoms with Crippen LogP contribution in [0.3, 0.4) is 0 Å². The highest BCUT2D eigenvalue weighted by Crippen LogP contribution is 2.25. The van der Waals surface area contributed by atoms with Gasteiger partial charge in [-0.25, -0.2) is 9.79 Å². The number of aliphatic carboxylic acids is 1. The fourth-order valence-electron chi connectivity index (χ4n) is 2.02. The van der Waals surface area contributed by atoms with Crippen LogP contribution in [0.1, 0.15) is 18.1 Å². The fourth-order valence-corrected chi connectivity index (χ4v) is 2.53. The molecule has 0 aromatic heterocycles. The number of carboxylic acid groups (broad SMARTS) is 1. The van der Waals surface area contributed by atoms with Crippen molar-refractivity contribution < 1.29 is 9.90 Å². The maximum absolute atomic E-state index is 11.5. The monoisotopic (exact) mass is 321 g/mol. The molecule has 0 saturated heterocycles. The van der Waals surface area contributed by atoms with Gasteiger partial charge in [-0.3, -0.25) is 0 Å². The number of hydrogen-bond acceptors (Lipinski definition) is 2. The van der Waals surface area contributed by atoms with E-state index in [1.54, 1.807) is 30.3 Å². The molecule has 0 spiro atoms. The van der Waals surface area contributed by atoms with Crippen molar-refractivity contribution in [2.75, 3.05) is 0 Å². The molecular weight excluding hydrogens is 309 g/mol. The molecule has 5 heteroatoms. The summed E-state index contributed by atoms with van der Waals surface area (Å²) in [5.41, 5.74) is 1.91. The van der Waals surface area contributed by atoms with Crippen molar-refractivity contribution >= 4 is 40.6 Å². The molecule has 2 aromatic carbocycles. The van der Waals surface area contributed by atoms with Crippen molar-refractivity contribution in [1.82, 2.24) is 0 Å². The first-order valence-corrected chi connectivity index (χ1v) is 7.13. The topological polar surface area (TPSA) is 49.7 Å². The van der Waals surface area contributed by atoms with Crippen molar-refractivity contribution in [1.29, 1.82) is 0 Å². The normalized spacial score (nSPS) is 11.5. The number of benzene rings is 2. The predicted octanol–water partition coefficient (Wildman–Crippen LogP) is 4.76. The maximum atomic E-state index is 11.5. The molecule has 0 amide bonds. The minimum Gasteiger partial charge on any atom is -0.476 e. The van der Waals surface area contributed by atoms with Crippen LogP contribution in [0.4, 0.5) is 5.69 Å². The molecule has 0 radical (unpaired) electrons. The van der Waals surface area contributed by atoms with Gasteiger partial charge in [-0.05, 0) is 30.2 Å². The summed E-state index contributed by atoms with van der Waals surface area (Å²) in [6, 6.07) is 12.0. The second-order valence-corrected chi connectivity index (χ2v) is 5.28. The van der Waals surface area contributed by atoms with Crippen LogP contribution < -0.4 is 0 Å². The second kappa shape index (κ2) is 6.74. The molecule has 0 heterocycles. The molecule has 0 atom stereocenters. The van der Waals surface area contributed by atoms with Gasteiger partial charge in [0.2, 0.25) is 0 Å². The summed E-state index contributed by atoms with van der Waals surface area (Å²) in [7, 11) is 0. The third kappa shape index (κ3) is 3.84. The van der Waals surface area contributed by atoms with Crippen LogP contribution in [-0.4, -0.2) is 16.8 Å². The second-order valence-electron chi connectivity index (χ2n) is 4.40. The average molecular weight is 322 g/mol. The van der Waals surface area contributed by atoms with E-state index < -0.39 is 5.97 Å². The van der Waals surface area contributed by atoms with E-state index in [4.69, 9.17) is 23.2 Å². The molecule has 0 bridgehead atoms. The van der Waals surface area contributed by atoms with Gasteiger partial charge < -0.3 is 5.11 Å². The lowest BCUT2D eigenvalue weighted by atomic mass is 10.0. The average Bonchev–Trinajstić information content (AvgIpc) is 2.43. The molecule has 3 nitrogen and oxygen atoms in total. The van der Waals surface area contributed by atoms with E-state index >= 15 is 0 Å². The van der Waals surface area contributed by atoms with Crippen molar-refractivity contribution in [3.05, 3.63) is 63.6 Å². The van der Waals surface area contributed by atoms with Gasteiger partial charge in [-0.2, -0.15) is 0 Å². The van der Waals surface area contributed by atoms with Crippen molar-refractivity contribution in [2.45, 2.75) is 13.3 Å². The number of carbonyl (C=O) groups is 1. The lowest BCUT2D eigenvalue weighted by Crippen LogP contribution is -2.16. The predicted molar refractivity (Wildman–Crippen MR) is 86.1 cm³/mol. The summed E-state index contributed by atoms with van der Waals surface area (Å²) in [4.78, 5) is 15.8. The smallest absolute Gasteiger partial charge is 0.355 e. The van der Waals surface area contributed by atoms with Gasteiger partial charge in [0.25, 0.3) is 0 Å². The van der Waals surface area contributed by atoms with E-state index in [0.717, 1.165) is 12.0 Å². The number of halogens is 2. The van der Waals surface area contributed by atoms with E-state index in [9.17, 15) is 9.90 Å². The fraction of sp³-hybridized carbons (Fsp3) is 0.125. The summed E-state index contributed by atoms with van der Waals surface area (Å²) in [6.45, 7) is 1.97. The molecule has 0 aliphatic heterocycles. The van der Waals surface area contributed by atoms with Gasteiger partial charge in [0.15, 0.2) is 5.71 Å². The quantitative estimate of drug-likeness (QED) is 0.825. The largest absolute Gasteiger partial charge is 0.476 e. The van der Waals surface area contributed by atoms with E-state index in [2.05, 4.69) is 4.99 Å². The van der Waals surface area contributed by atoms with Gasteiger partial charge in [-0.15, -0.1) is 0 Å². The molecule has 0 aliphatic carbocycles. The van der Waals surface area contributed by atoms with Crippen molar-refractivity contribution in [3.63, 3.8) is 0 Å². The van der Waals surface area contributed by atoms with Crippen LogP contribution in [0.25, 0.3) is 0 Å². The minimum absolute atomic E-state index is 0.0224. The van der Waals surface area contributed by atoms with Crippen LogP contribution in [0.15, 0.2) is 47.5 Å². The Morgan fingerprint density at radius 3 is 2.33 bits per heavy atom. The summed E-state index contributed by atoms with van der Waals surface area (Å²) >= 11 is 11.8. The standard InChI is InChI=1S/C16H13Cl2NO2/c1-2-10-5-3-4-6-14(10)15(16(20)21)19-13-8-11(17)7-12(18)9-13/h3-9H,2H2,1H3,(H,20,21). The number of aryl methyl sites for hydroxylation is 1. The zero-order valence-electron chi connectivity index (χ0n) is 11.3. The number of hydrogen-bond donors (Lipinski definition) is 1. The number of nitrogens with zero attached hydrogens (tertiary/aromatic N) is 1. The van der Waals surface area contributed by atoms with E-state index in [-0.39, 0.29) is 5.71 Å². The Labute approximate surface area is 132 Å². The van der Waals surface area contributed by atoms with Crippen molar-refractivity contribution in [2.24, 2.45) is 4.99 Å². The Balaban J connectivity index is 2.58. The minimum atomic E-state index is -1.09. The summed E-state index contributed by atoms with van der Waals surface area (Å²) < 4.78 is 0. The number of carboxylic acids is 1. The van der Waals surface area contributed by atoms with Gasteiger partial charge in [0, 0.05) is 15.6 Å². The maximum Gasteiger partial charge on any atom is 0.355 e. The molecule has 1 N–H and O–H groups in total. The highest BCUT2D eigenvalue weighted by molar-refractivity contribution is 6.43. The Kier molecular flexibility index (Phi) is 4.99. The zero-order chi connectivity index (χ0) is 15.4. The molecule has 0 fully saturated rings. The molecule has 21 heavy (non-hydrogen) atoms. The summed E-state index contributed by atoms with van der Waals surface area (Å²) in [5.74, 6) is -1.09. The van der Waals surface area contributed by atoms with E-state index in [1.165, 1.54) is 0 Å². The van der Waals surface area contributed by atoms with Gasteiger partial charge in [0.1, 0.15) is 0 Å². The van der Waals surface area contributed by atoms with Crippen LogP contribution in [0.5, 0.6) is 0 Å². The first-order valence-electron chi connectivity index (χ1n) is 6.37. The molecule has 0 saturated carbocycles. The first-order chi connectivity index (χ1) is 10.0. The third-order valence-electron chi connectivity index (χ3n) is 2.94. The van der Waals surface area contributed by atoms with Crippen LogP contribution in [-0.2, 0) is 11.2 Å². The highest BCUT2D eigenvalue weighted by atomic mass is 35.5. The molecule has 0 aliphatic rings. The van der Waals surface area contributed by atoms with Crippen LogP contribution in [0.2, 0.25) is 10.0 Å². The van der Waals surface area contributed by atoms with E-state index in [0.29, 0.717) is 21.3 Å². The zero-order valence-corrected chi connectivity index (χ0v) is 12.8. The lowest BCUT2D eigenvalue weighted by molar-refractivity contribution is -0.129. The number of aliphatic imine (C=N–C) groups is 1. The number of rotatable bonds is 4. The molecule has 2 rings (SSSR count). The lowest BCUT2D eigenvalue weighted by Gasteiger charge is -2.08. The SMILES string of the molecule is CCc1ccccc1C(=Nc1cc(Cl)cc(Cl)c1)C(=O)O.